The number of ether oxygens (including phenoxy) is 1. The molecule has 4 heterocycles. The van der Waals surface area contributed by atoms with Gasteiger partial charge in [-0.2, -0.15) is 5.10 Å². The molecule has 1 aliphatic heterocycles. The van der Waals surface area contributed by atoms with Crippen molar-refractivity contribution < 1.29 is 9.53 Å². The first-order chi connectivity index (χ1) is 12.5. The first-order valence-electron chi connectivity index (χ1n) is 8.91. The molecule has 0 aromatic carbocycles. The van der Waals surface area contributed by atoms with Crippen molar-refractivity contribution >= 4 is 11.4 Å². The SMILES string of the molecule is Cc1ccc(-c2cc(O[C@H](C)N3CCCC3=O)c3ccnn3c2)nc1C. The van der Waals surface area contributed by atoms with Crippen LogP contribution in [0.2, 0.25) is 0 Å². The Morgan fingerprint density at radius 2 is 2.08 bits per heavy atom. The molecular formula is C20H22N4O2. The van der Waals surface area contributed by atoms with Gasteiger partial charge in [0.25, 0.3) is 0 Å². The summed E-state index contributed by atoms with van der Waals surface area (Å²) < 4.78 is 7.96. The zero-order valence-corrected chi connectivity index (χ0v) is 15.3. The maximum Gasteiger partial charge on any atom is 0.225 e. The van der Waals surface area contributed by atoms with Gasteiger partial charge in [-0.25, -0.2) is 4.52 Å². The van der Waals surface area contributed by atoms with Crippen LogP contribution in [-0.4, -0.2) is 38.2 Å². The lowest BCUT2D eigenvalue weighted by Crippen LogP contribution is -2.38. The normalized spacial score (nSPS) is 15.7. The summed E-state index contributed by atoms with van der Waals surface area (Å²) in [6, 6.07) is 7.96. The summed E-state index contributed by atoms with van der Waals surface area (Å²) in [7, 11) is 0. The highest BCUT2D eigenvalue weighted by molar-refractivity contribution is 5.78. The average Bonchev–Trinajstić information content (AvgIpc) is 3.26. The summed E-state index contributed by atoms with van der Waals surface area (Å²) in [6.45, 7) is 6.71. The van der Waals surface area contributed by atoms with Crippen LogP contribution in [-0.2, 0) is 4.79 Å². The molecule has 0 radical (unpaired) electrons. The van der Waals surface area contributed by atoms with Crippen LogP contribution in [0.5, 0.6) is 5.75 Å². The van der Waals surface area contributed by atoms with Crippen molar-refractivity contribution in [3.8, 4) is 17.0 Å². The molecule has 3 aromatic rings. The van der Waals surface area contributed by atoms with E-state index in [1.165, 1.54) is 0 Å². The Balaban J connectivity index is 1.72. The van der Waals surface area contributed by atoms with Gasteiger partial charge in [0.15, 0.2) is 6.23 Å². The number of amides is 1. The molecule has 1 amide bonds. The summed E-state index contributed by atoms with van der Waals surface area (Å²) in [6.07, 6.45) is 4.87. The van der Waals surface area contributed by atoms with Crippen molar-refractivity contribution in [1.29, 1.82) is 0 Å². The van der Waals surface area contributed by atoms with Gasteiger partial charge in [0, 0.05) is 30.4 Å². The number of hydrogen-bond acceptors (Lipinski definition) is 4. The second-order valence-electron chi connectivity index (χ2n) is 6.76. The summed E-state index contributed by atoms with van der Waals surface area (Å²) in [4.78, 5) is 18.5. The van der Waals surface area contributed by atoms with E-state index in [-0.39, 0.29) is 12.1 Å². The Hall–Kier alpha value is -2.89. The van der Waals surface area contributed by atoms with Gasteiger partial charge >= 0.3 is 0 Å². The van der Waals surface area contributed by atoms with Crippen LogP contribution >= 0.6 is 0 Å². The summed E-state index contributed by atoms with van der Waals surface area (Å²) >= 11 is 0. The number of rotatable bonds is 4. The maximum absolute atomic E-state index is 12.0. The van der Waals surface area contributed by atoms with Crippen LogP contribution in [0, 0.1) is 13.8 Å². The number of aryl methyl sites for hydroxylation is 2. The quantitative estimate of drug-likeness (QED) is 0.724. The molecule has 0 saturated carbocycles. The third-order valence-corrected chi connectivity index (χ3v) is 4.96. The van der Waals surface area contributed by atoms with E-state index in [1.54, 1.807) is 15.6 Å². The van der Waals surface area contributed by atoms with Gasteiger partial charge in [-0.15, -0.1) is 0 Å². The van der Waals surface area contributed by atoms with E-state index in [1.807, 2.05) is 45.2 Å². The second-order valence-corrected chi connectivity index (χ2v) is 6.76. The first kappa shape index (κ1) is 16.6. The van der Waals surface area contributed by atoms with Gasteiger partial charge in [-0.3, -0.25) is 9.78 Å². The van der Waals surface area contributed by atoms with Crippen molar-refractivity contribution in [1.82, 2.24) is 19.5 Å². The second kappa shape index (κ2) is 6.44. The molecule has 6 nitrogen and oxygen atoms in total. The molecule has 0 bridgehead atoms. The number of carbonyl (C=O) groups excluding carboxylic acids is 1. The topological polar surface area (TPSA) is 59.7 Å². The molecule has 0 aliphatic carbocycles. The number of carbonyl (C=O) groups is 1. The third-order valence-electron chi connectivity index (χ3n) is 4.96. The lowest BCUT2D eigenvalue weighted by Gasteiger charge is -2.25. The fraction of sp³-hybridized carbons (Fsp3) is 0.350. The molecule has 0 N–H and O–H groups in total. The Morgan fingerprint density at radius 1 is 1.23 bits per heavy atom. The number of likely N-dealkylation sites (tertiary alicyclic amines) is 1. The molecule has 4 rings (SSSR count). The highest BCUT2D eigenvalue weighted by Gasteiger charge is 2.26. The van der Waals surface area contributed by atoms with Crippen molar-refractivity contribution in [2.24, 2.45) is 0 Å². The summed E-state index contributed by atoms with van der Waals surface area (Å²) in [5, 5.41) is 4.35. The largest absolute Gasteiger partial charge is 0.468 e. The molecule has 26 heavy (non-hydrogen) atoms. The van der Waals surface area contributed by atoms with Crippen molar-refractivity contribution in [2.45, 2.75) is 39.8 Å². The van der Waals surface area contributed by atoms with Crippen LogP contribution < -0.4 is 4.74 Å². The molecule has 1 fully saturated rings. The van der Waals surface area contributed by atoms with Gasteiger partial charge in [0.05, 0.1) is 11.9 Å². The number of hydrogen-bond donors (Lipinski definition) is 0. The number of fused-ring (bicyclic) bond motifs is 1. The molecule has 0 spiro atoms. The maximum atomic E-state index is 12.0. The van der Waals surface area contributed by atoms with E-state index in [0.29, 0.717) is 12.2 Å². The fourth-order valence-electron chi connectivity index (χ4n) is 3.32. The summed E-state index contributed by atoms with van der Waals surface area (Å²) in [5.41, 5.74) is 4.84. The van der Waals surface area contributed by atoms with Gasteiger partial charge in [-0.05, 0) is 51.0 Å². The minimum Gasteiger partial charge on any atom is -0.468 e. The standard InChI is InChI=1S/C20H22N4O2/c1-13-6-7-17(22-14(13)2)16-11-19(18-8-9-21-24(18)12-16)26-15(3)23-10-4-5-20(23)25/h6-9,11-12,15H,4-5,10H2,1-3H3/t15-/m1/s1. The van der Waals surface area contributed by atoms with Crippen LogP contribution in [0.1, 0.15) is 31.0 Å². The van der Waals surface area contributed by atoms with Crippen molar-refractivity contribution in [3.05, 3.63) is 47.9 Å². The Labute approximate surface area is 152 Å². The minimum atomic E-state index is -0.313. The fourth-order valence-corrected chi connectivity index (χ4v) is 3.32. The van der Waals surface area contributed by atoms with E-state index in [4.69, 9.17) is 4.74 Å². The van der Waals surface area contributed by atoms with E-state index < -0.39 is 0 Å². The minimum absolute atomic E-state index is 0.147. The van der Waals surface area contributed by atoms with Gasteiger partial charge in [0.2, 0.25) is 5.91 Å². The molecule has 1 atom stereocenters. The number of pyridine rings is 2. The first-order valence-corrected chi connectivity index (χ1v) is 8.91. The van der Waals surface area contributed by atoms with Crippen molar-refractivity contribution in [3.63, 3.8) is 0 Å². The monoisotopic (exact) mass is 350 g/mol. The Morgan fingerprint density at radius 3 is 2.81 bits per heavy atom. The predicted octanol–water partition coefficient (Wildman–Crippen LogP) is 3.36. The smallest absolute Gasteiger partial charge is 0.225 e. The van der Waals surface area contributed by atoms with Crippen LogP contribution in [0.3, 0.4) is 0 Å². The lowest BCUT2D eigenvalue weighted by atomic mass is 10.1. The highest BCUT2D eigenvalue weighted by Crippen LogP contribution is 2.29. The van der Waals surface area contributed by atoms with E-state index >= 15 is 0 Å². The van der Waals surface area contributed by atoms with Crippen LogP contribution in [0.15, 0.2) is 36.7 Å². The van der Waals surface area contributed by atoms with Crippen LogP contribution in [0.4, 0.5) is 0 Å². The molecule has 0 unspecified atom stereocenters. The van der Waals surface area contributed by atoms with Gasteiger partial charge in [-0.1, -0.05) is 6.07 Å². The molecular weight excluding hydrogens is 328 g/mol. The lowest BCUT2D eigenvalue weighted by molar-refractivity contribution is -0.134. The third kappa shape index (κ3) is 2.92. The Bertz CT molecular complexity index is 979. The predicted molar refractivity (Wildman–Crippen MR) is 98.9 cm³/mol. The van der Waals surface area contributed by atoms with E-state index in [9.17, 15) is 4.79 Å². The number of aromatic nitrogens is 3. The average molecular weight is 350 g/mol. The van der Waals surface area contributed by atoms with Crippen molar-refractivity contribution in [2.75, 3.05) is 6.54 Å². The molecule has 3 aromatic heterocycles. The zero-order valence-electron chi connectivity index (χ0n) is 15.3. The van der Waals surface area contributed by atoms with Gasteiger partial charge < -0.3 is 9.64 Å². The molecule has 1 saturated heterocycles. The zero-order chi connectivity index (χ0) is 18.3. The highest BCUT2D eigenvalue weighted by atomic mass is 16.5. The molecule has 6 heteroatoms. The summed E-state index contributed by atoms with van der Waals surface area (Å²) in [5.74, 6) is 0.848. The van der Waals surface area contributed by atoms with E-state index in [2.05, 4.69) is 16.1 Å². The van der Waals surface area contributed by atoms with Gasteiger partial charge in [0.1, 0.15) is 11.3 Å². The van der Waals surface area contributed by atoms with Crippen LogP contribution in [0.25, 0.3) is 16.8 Å². The van der Waals surface area contributed by atoms with E-state index in [0.717, 1.165) is 41.0 Å². The number of nitrogens with zero attached hydrogens (tertiary/aromatic N) is 4. The molecule has 134 valence electrons. The molecule has 1 aliphatic rings. The Kier molecular flexibility index (Phi) is 4.11.